The number of aromatic amines is 2. The number of nitrogens with zero attached hydrogens (tertiary/aromatic N) is 2. The van der Waals surface area contributed by atoms with Crippen molar-refractivity contribution < 1.29 is 31.9 Å². The molecule has 4 aromatic rings. The number of rotatable bonds is 7. The molecule has 0 saturated carbocycles. The highest BCUT2D eigenvalue weighted by molar-refractivity contribution is 6.06. The molecule has 7 N–H and O–H groups in total. The van der Waals surface area contributed by atoms with Crippen LogP contribution in [0.5, 0.6) is 5.75 Å². The van der Waals surface area contributed by atoms with E-state index in [0.29, 0.717) is 10.2 Å². The summed E-state index contributed by atoms with van der Waals surface area (Å²) in [5.41, 5.74) is 10.5. The molecule has 0 aliphatic carbocycles. The summed E-state index contributed by atoms with van der Waals surface area (Å²) in [6.07, 6.45) is -4.73. The number of nitrogen functional groups attached to an aromatic ring is 1. The van der Waals surface area contributed by atoms with E-state index >= 15 is 0 Å². The number of primary amides is 1. The van der Waals surface area contributed by atoms with Gasteiger partial charge in [-0.2, -0.15) is 18.3 Å². The van der Waals surface area contributed by atoms with Gasteiger partial charge in [-0.25, -0.2) is 13.9 Å². The summed E-state index contributed by atoms with van der Waals surface area (Å²) in [6.45, 7) is 0.665. The van der Waals surface area contributed by atoms with Crippen LogP contribution >= 0.6 is 0 Å². The van der Waals surface area contributed by atoms with Crippen LogP contribution < -0.4 is 27.2 Å². The van der Waals surface area contributed by atoms with Crippen molar-refractivity contribution in [1.82, 2.24) is 25.1 Å². The second-order valence-corrected chi connectivity index (χ2v) is 8.26. The molecule has 0 radical (unpaired) electrons. The van der Waals surface area contributed by atoms with Gasteiger partial charge in [-0.1, -0.05) is 12.1 Å². The summed E-state index contributed by atoms with van der Waals surface area (Å²) in [5, 5.41) is 6.51. The molecule has 1 atom stereocenters. The molecule has 0 bridgehead atoms. The number of nitrogens with two attached hydrogens (primary N) is 2. The number of fused-ring (bicyclic) bond motifs is 1. The third-order valence-electron chi connectivity index (χ3n) is 5.90. The smallest absolute Gasteiger partial charge is 0.410 e. The van der Waals surface area contributed by atoms with Gasteiger partial charge in [0, 0.05) is 12.1 Å². The number of hydrogen-bond acceptors (Lipinski definition) is 6. The molecule has 2 heterocycles. The molecule has 38 heavy (non-hydrogen) atoms. The van der Waals surface area contributed by atoms with Gasteiger partial charge in [0.2, 0.25) is 0 Å². The Morgan fingerprint density at radius 3 is 2.50 bits per heavy atom. The van der Waals surface area contributed by atoms with Gasteiger partial charge in [-0.15, -0.1) is 0 Å². The van der Waals surface area contributed by atoms with Gasteiger partial charge in [-0.3, -0.25) is 9.59 Å². The Bertz CT molecular complexity index is 1620. The molecule has 2 amide bonds. The fourth-order valence-corrected chi connectivity index (χ4v) is 3.96. The maximum absolute atomic E-state index is 13.7. The van der Waals surface area contributed by atoms with Gasteiger partial charge >= 0.3 is 11.9 Å². The van der Waals surface area contributed by atoms with Crippen LogP contribution in [0.15, 0.2) is 35.1 Å². The zero-order valence-electron chi connectivity index (χ0n) is 19.9. The fourth-order valence-electron chi connectivity index (χ4n) is 3.96. The number of imidazole rings is 1. The maximum Gasteiger partial charge on any atom is 0.410 e. The lowest BCUT2D eigenvalue weighted by molar-refractivity contribution is -0.164. The van der Waals surface area contributed by atoms with Crippen LogP contribution in [-0.4, -0.2) is 44.8 Å². The average molecular weight is 535 g/mol. The van der Waals surface area contributed by atoms with Gasteiger partial charge in [0.1, 0.15) is 34.7 Å². The van der Waals surface area contributed by atoms with E-state index in [1.165, 1.54) is 25.3 Å². The maximum atomic E-state index is 13.7. The van der Waals surface area contributed by atoms with Gasteiger partial charge in [-0.05, 0) is 30.7 Å². The highest BCUT2D eigenvalue weighted by atomic mass is 19.4. The molecule has 0 saturated heterocycles. The van der Waals surface area contributed by atoms with Gasteiger partial charge in [0.05, 0.1) is 23.7 Å². The van der Waals surface area contributed by atoms with Crippen molar-refractivity contribution in [3.8, 4) is 17.0 Å². The summed E-state index contributed by atoms with van der Waals surface area (Å²) in [5.74, 6) is -2.89. The third kappa shape index (κ3) is 4.65. The number of carbonyl (C=O) groups excluding carboxylic acids is 2. The largest absolute Gasteiger partial charge is 0.496 e. The molecule has 4 rings (SSSR count). The van der Waals surface area contributed by atoms with E-state index in [4.69, 9.17) is 16.2 Å². The number of hydrogen-bond donors (Lipinski definition) is 5. The number of amides is 2. The van der Waals surface area contributed by atoms with Crippen molar-refractivity contribution in [1.29, 1.82) is 0 Å². The Kier molecular flexibility index (Phi) is 6.61. The molecular formula is C23H21F4N7O4. The van der Waals surface area contributed by atoms with Crippen molar-refractivity contribution in [2.75, 3.05) is 12.8 Å². The monoisotopic (exact) mass is 535 g/mol. The summed E-state index contributed by atoms with van der Waals surface area (Å²) in [7, 11) is 1.32. The molecule has 0 aliphatic rings. The number of benzene rings is 2. The number of ether oxygens (including phenoxy) is 1. The van der Waals surface area contributed by atoms with E-state index in [0.717, 1.165) is 19.1 Å². The summed E-state index contributed by atoms with van der Waals surface area (Å²) in [6, 6.07) is 4.09. The SMILES string of the molecule is COc1ccc(F)cc1C(=O)NCc1ccc(-c2nn(C(C)C(F)(F)F)c(N)c2C(N)=O)c2[nH]c(=O)[nH]c12. The number of nitrogens with one attached hydrogen (secondary N) is 3. The normalized spacial score (nSPS) is 12.5. The number of methoxy groups -OCH3 is 1. The van der Waals surface area contributed by atoms with Crippen molar-refractivity contribution in [3.63, 3.8) is 0 Å². The Balaban J connectivity index is 1.76. The molecule has 0 fully saturated rings. The topological polar surface area (TPSA) is 174 Å². The minimum atomic E-state index is -4.73. The standard InChI is InChI=1S/C23H21F4N7O4/c1-9(23(25,26)27)34-19(28)15(20(29)35)17(33-34)12-5-3-10(16-18(12)32-22(37)31-16)8-30-21(36)13-7-11(24)4-6-14(13)38-2/h3-7,9H,8,28H2,1-2H3,(H2,29,35)(H,30,36)(H2,31,32,37). The highest BCUT2D eigenvalue weighted by Crippen LogP contribution is 2.37. The lowest BCUT2D eigenvalue weighted by Gasteiger charge is -2.17. The zero-order valence-corrected chi connectivity index (χ0v) is 19.9. The van der Waals surface area contributed by atoms with E-state index in [1.807, 2.05) is 0 Å². The number of anilines is 1. The van der Waals surface area contributed by atoms with Crippen LogP contribution in [0.25, 0.3) is 22.3 Å². The first-order chi connectivity index (χ1) is 17.8. The van der Waals surface area contributed by atoms with Crippen LogP contribution in [0.2, 0.25) is 0 Å². The Hall–Kier alpha value is -4.82. The van der Waals surface area contributed by atoms with Crippen LogP contribution in [0.3, 0.4) is 0 Å². The Morgan fingerprint density at radius 1 is 1.18 bits per heavy atom. The van der Waals surface area contributed by atoms with Crippen molar-refractivity contribution >= 4 is 28.7 Å². The molecule has 200 valence electrons. The number of H-pyrrole nitrogens is 2. The Morgan fingerprint density at radius 2 is 1.87 bits per heavy atom. The molecule has 1 unspecified atom stereocenters. The first kappa shape index (κ1) is 26.2. The summed E-state index contributed by atoms with van der Waals surface area (Å²) >= 11 is 0. The van der Waals surface area contributed by atoms with Crippen molar-refractivity contribution in [2.45, 2.75) is 25.7 Å². The molecule has 2 aromatic carbocycles. The number of alkyl halides is 3. The minimum Gasteiger partial charge on any atom is -0.496 e. The fraction of sp³-hybridized carbons (Fsp3) is 0.217. The summed E-state index contributed by atoms with van der Waals surface area (Å²) < 4.78 is 59.3. The van der Waals surface area contributed by atoms with Crippen LogP contribution in [0.1, 0.15) is 39.2 Å². The first-order valence-corrected chi connectivity index (χ1v) is 10.9. The molecule has 0 aliphatic heterocycles. The number of halogens is 4. The van der Waals surface area contributed by atoms with Crippen LogP contribution in [-0.2, 0) is 6.54 Å². The summed E-state index contributed by atoms with van der Waals surface area (Å²) in [4.78, 5) is 42.1. The lowest BCUT2D eigenvalue weighted by Crippen LogP contribution is -2.26. The average Bonchev–Trinajstić information content (AvgIpc) is 3.40. The molecule has 2 aromatic heterocycles. The predicted molar refractivity (Wildman–Crippen MR) is 128 cm³/mol. The molecule has 0 spiro atoms. The number of aromatic nitrogens is 4. The molecule has 11 nitrogen and oxygen atoms in total. The first-order valence-electron chi connectivity index (χ1n) is 10.9. The van der Waals surface area contributed by atoms with E-state index in [-0.39, 0.29) is 40.1 Å². The molecule has 15 heteroatoms. The predicted octanol–water partition coefficient (Wildman–Crippen LogP) is 2.60. The highest BCUT2D eigenvalue weighted by Gasteiger charge is 2.40. The van der Waals surface area contributed by atoms with Crippen LogP contribution in [0, 0.1) is 5.82 Å². The van der Waals surface area contributed by atoms with Gasteiger partial charge in [0.25, 0.3) is 11.8 Å². The quantitative estimate of drug-likeness (QED) is 0.227. The van der Waals surface area contributed by atoms with E-state index in [2.05, 4.69) is 20.4 Å². The second kappa shape index (κ2) is 9.57. The Labute approximate surface area is 210 Å². The zero-order chi connectivity index (χ0) is 27.9. The van der Waals surface area contributed by atoms with Crippen LogP contribution in [0.4, 0.5) is 23.4 Å². The molecular weight excluding hydrogens is 514 g/mol. The van der Waals surface area contributed by atoms with Gasteiger partial charge < -0.3 is 31.5 Å². The van der Waals surface area contributed by atoms with Crippen molar-refractivity contribution in [3.05, 3.63) is 63.3 Å². The second-order valence-electron chi connectivity index (χ2n) is 8.26. The number of carbonyl (C=O) groups is 2. The van der Waals surface area contributed by atoms with Gasteiger partial charge in [0.15, 0.2) is 0 Å². The van der Waals surface area contributed by atoms with E-state index in [9.17, 15) is 31.9 Å². The van der Waals surface area contributed by atoms with E-state index < -0.39 is 46.9 Å². The van der Waals surface area contributed by atoms with E-state index in [1.54, 1.807) is 0 Å². The lowest BCUT2D eigenvalue weighted by atomic mass is 10.0. The third-order valence-corrected chi connectivity index (χ3v) is 5.90. The minimum absolute atomic E-state index is 0.0613. The van der Waals surface area contributed by atoms with Crippen molar-refractivity contribution in [2.24, 2.45) is 5.73 Å².